The number of esters is 1. The largest absolute Gasteiger partial charge is 0.469 e. The van der Waals surface area contributed by atoms with Gasteiger partial charge in [0, 0.05) is 27.3 Å². The molecule has 0 unspecified atom stereocenters. The van der Waals surface area contributed by atoms with Gasteiger partial charge >= 0.3 is 5.97 Å². The second-order valence-electron chi connectivity index (χ2n) is 3.44. The lowest BCUT2D eigenvalue weighted by Gasteiger charge is -2.21. The van der Waals surface area contributed by atoms with E-state index in [2.05, 4.69) is 4.74 Å². The molecule has 100 valence electrons. The van der Waals surface area contributed by atoms with E-state index in [4.69, 9.17) is 9.47 Å². The van der Waals surface area contributed by atoms with Crippen LogP contribution >= 0.6 is 0 Å². The second-order valence-corrected chi connectivity index (χ2v) is 3.44. The Labute approximate surface area is 102 Å². The normalized spacial score (nSPS) is 10.1. The molecule has 6 heteroatoms. The summed E-state index contributed by atoms with van der Waals surface area (Å²) in [6.45, 7) is 1.63. The van der Waals surface area contributed by atoms with Crippen molar-refractivity contribution in [1.29, 1.82) is 0 Å². The standard InChI is InChI=1S/C11H21NO5/c1-15-8-5-10(13)12(7-9-16-2)6-4-11(14)17-3/h4-9H2,1-3H3. The number of rotatable bonds is 9. The van der Waals surface area contributed by atoms with Crippen LogP contribution in [0.2, 0.25) is 0 Å². The molecule has 0 aromatic heterocycles. The van der Waals surface area contributed by atoms with Crippen LogP contribution in [0.3, 0.4) is 0 Å². The molecule has 0 fully saturated rings. The Kier molecular flexibility index (Phi) is 9.37. The van der Waals surface area contributed by atoms with Crippen LogP contribution in [-0.2, 0) is 23.8 Å². The van der Waals surface area contributed by atoms with Crippen molar-refractivity contribution in [3.63, 3.8) is 0 Å². The average Bonchev–Trinajstić information content (AvgIpc) is 2.35. The number of ether oxygens (including phenoxy) is 3. The van der Waals surface area contributed by atoms with E-state index in [0.29, 0.717) is 32.7 Å². The summed E-state index contributed by atoms with van der Waals surface area (Å²) in [4.78, 5) is 24.3. The average molecular weight is 247 g/mol. The Bertz CT molecular complexity index is 232. The minimum absolute atomic E-state index is 0.0483. The van der Waals surface area contributed by atoms with Crippen LogP contribution in [0, 0.1) is 0 Å². The summed E-state index contributed by atoms with van der Waals surface area (Å²) in [7, 11) is 4.44. The van der Waals surface area contributed by atoms with Gasteiger partial charge in [0.25, 0.3) is 0 Å². The molecular weight excluding hydrogens is 226 g/mol. The number of methoxy groups -OCH3 is 3. The van der Waals surface area contributed by atoms with Crippen LogP contribution in [0.5, 0.6) is 0 Å². The van der Waals surface area contributed by atoms with Gasteiger partial charge in [0.15, 0.2) is 0 Å². The summed E-state index contributed by atoms with van der Waals surface area (Å²) in [5, 5.41) is 0. The van der Waals surface area contributed by atoms with Crippen molar-refractivity contribution >= 4 is 11.9 Å². The molecule has 0 N–H and O–H groups in total. The van der Waals surface area contributed by atoms with Crippen molar-refractivity contribution < 1.29 is 23.8 Å². The zero-order valence-electron chi connectivity index (χ0n) is 10.7. The molecule has 1 amide bonds. The maximum Gasteiger partial charge on any atom is 0.307 e. The SMILES string of the molecule is COCCC(=O)N(CCOC)CCC(=O)OC. The van der Waals surface area contributed by atoms with Gasteiger partial charge in [0.1, 0.15) is 0 Å². The molecule has 0 rings (SSSR count). The number of hydrogen-bond acceptors (Lipinski definition) is 5. The minimum Gasteiger partial charge on any atom is -0.469 e. The third kappa shape index (κ3) is 7.70. The quantitative estimate of drug-likeness (QED) is 0.539. The Morgan fingerprint density at radius 2 is 1.59 bits per heavy atom. The molecule has 0 radical (unpaired) electrons. The van der Waals surface area contributed by atoms with Crippen molar-refractivity contribution in [3.8, 4) is 0 Å². The third-order valence-electron chi connectivity index (χ3n) is 2.25. The van der Waals surface area contributed by atoms with E-state index in [1.165, 1.54) is 7.11 Å². The van der Waals surface area contributed by atoms with Crippen molar-refractivity contribution in [2.75, 3.05) is 47.6 Å². The van der Waals surface area contributed by atoms with Crippen molar-refractivity contribution in [1.82, 2.24) is 4.90 Å². The predicted octanol–water partition coefficient (Wildman–Crippen LogP) is 0.0610. The van der Waals surface area contributed by atoms with Gasteiger partial charge in [-0.2, -0.15) is 0 Å². The Balaban J connectivity index is 4.11. The van der Waals surface area contributed by atoms with E-state index in [1.54, 1.807) is 19.1 Å². The lowest BCUT2D eigenvalue weighted by atomic mass is 10.3. The van der Waals surface area contributed by atoms with Crippen molar-refractivity contribution in [2.24, 2.45) is 0 Å². The van der Waals surface area contributed by atoms with Gasteiger partial charge in [-0.25, -0.2) is 0 Å². The van der Waals surface area contributed by atoms with E-state index in [1.807, 2.05) is 0 Å². The Hall–Kier alpha value is -1.14. The summed E-state index contributed by atoms with van der Waals surface area (Å²) in [5.74, 6) is -0.375. The summed E-state index contributed by atoms with van der Waals surface area (Å²) in [6, 6.07) is 0. The zero-order valence-corrected chi connectivity index (χ0v) is 10.7. The lowest BCUT2D eigenvalue weighted by Crippen LogP contribution is -2.36. The van der Waals surface area contributed by atoms with Crippen LogP contribution in [0.25, 0.3) is 0 Å². The Morgan fingerprint density at radius 1 is 0.941 bits per heavy atom. The molecule has 0 saturated carbocycles. The summed E-state index contributed by atoms with van der Waals surface area (Å²) in [5.41, 5.74) is 0. The molecule has 0 atom stereocenters. The third-order valence-corrected chi connectivity index (χ3v) is 2.25. The highest BCUT2D eigenvalue weighted by molar-refractivity contribution is 5.77. The molecule has 0 aromatic carbocycles. The Morgan fingerprint density at radius 3 is 2.12 bits per heavy atom. The van der Waals surface area contributed by atoms with Crippen LogP contribution < -0.4 is 0 Å². The fourth-order valence-corrected chi connectivity index (χ4v) is 1.24. The number of nitrogens with zero attached hydrogens (tertiary/aromatic N) is 1. The maximum atomic E-state index is 11.7. The number of carbonyl (C=O) groups is 2. The van der Waals surface area contributed by atoms with Crippen molar-refractivity contribution in [2.45, 2.75) is 12.8 Å². The molecule has 0 saturated heterocycles. The van der Waals surface area contributed by atoms with E-state index >= 15 is 0 Å². The van der Waals surface area contributed by atoms with Gasteiger partial charge in [-0.1, -0.05) is 0 Å². The second kappa shape index (κ2) is 10.0. The number of carbonyl (C=O) groups excluding carboxylic acids is 2. The van der Waals surface area contributed by atoms with Crippen LogP contribution in [0.15, 0.2) is 0 Å². The molecule has 17 heavy (non-hydrogen) atoms. The molecule has 0 aliphatic rings. The van der Waals surface area contributed by atoms with E-state index in [9.17, 15) is 9.59 Å². The van der Waals surface area contributed by atoms with Gasteiger partial charge in [-0.05, 0) is 0 Å². The van der Waals surface area contributed by atoms with Gasteiger partial charge < -0.3 is 19.1 Å². The topological polar surface area (TPSA) is 65.1 Å². The van der Waals surface area contributed by atoms with E-state index < -0.39 is 0 Å². The number of hydrogen-bond donors (Lipinski definition) is 0. The molecular formula is C11H21NO5. The highest BCUT2D eigenvalue weighted by Gasteiger charge is 2.14. The fraction of sp³-hybridized carbons (Fsp3) is 0.818. The summed E-state index contributed by atoms with van der Waals surface area (Å²) >= 11 is 0. The van der Waals surface area contributed by atoms with Gasteiger partial charge in [-0.3, -0.25) is 9.59 Å². The minimum atomic E-state index is -0.327. The molecule has 0 aliphatic heterocycles. The molecule has 6 nitrogen and oxygen atoms in total. The van der Waals surface area contributed by atoms with E-state index in [-0.39, 0.29) is 18.3 Å². The molecule has 0 aliphatic carbocycles. The fourth-order valence-electron chi connectivity index (χ4n) is 1.24. The lowest BCUT2D eigenvalue weighted by molar-refractivity contribution is -0.142. The van der Waals surface area contributed by atoms with E-state index in [0.717, 1.165) is 0 Å². The van der Waals surface area contributed by atoms with Gasteiger partial charge in [-0.15, -0.1) is 0 Å². The predicted molar refractivity (Wildman–Crippen MR) is 61.6 cm³/mol. The maximum absolute atomic E-state index is 11.7. The molecule has 0 aromatic rings. The van der Waals surface area contributed by atoms with Gasteiger partial charge in [0.05, 0.1) is 33.2 Å². The summed E-state index contributed by atoms with van der Waals surface area (Å²) in [6.07, 6.45) is 0.500. The first kappa shape index (κ1) is 15.9. The summed E-state index contributed by atoms with van der Waals surface area (Å²) < 4.78 is 14.3. The first-order valence-electron chi connectivity index (χ1n) is 5.48. The molecule has 0 heterocycles. The first-order valence-corrected chi connectivity index (χ1v) is 5.48. The number of amides is 1. The van der Waals surface area contributed by atoms with Gasteiger partial charge in [0.2, 0.25) is 5.91 Å². The monoisotopic (exact) mass is 247 g/mol. The van der Waals surface area contributed by atoms with Crippen LogP contribution in [0.1, 0.15) is 12.8 Å². The zero-order chi connectivity index (χ0) is 13.1. The highest BCUT2D eigenvalue weighted by Crippen LogP contribution is 1.98. The van der Waals surface area contributed by atoms with Crippen LogP contribution in [-0.4, -0.2) is 64.4 Å². The smallest absolute Gasteiger partial charge is 0.307 e. The van der Waals surface area contributed by atoms with Crippen LogP contribution in [0.4, 0.5) is 0 Å². The molecule has 0 bridgehead atoms. The van der Waals surface area contributed by atoms with Crippen molar-refractivity contribution in [3.05, 3.63) is 0 Å². The first-order chi connectivity index (χ1) is 8.15. The highest BCUT2D eigenvalue weighted by atomic mass is 16.5. The molecule has 0 spiro atoms.